The van der Waals surface area contributed by atoms with E-state index in [1.54, 1.807) is 18.2 Å². The molecule has 0 unspecified atom stereocenters. The van der Waals surface area contributed by atoms with Crippen molar-refractivity contribution >= 4 is 27.7 Å². The zero-order valence-corrected chi connectivity index (χ0v) is 19.2. The van der Waals surface area contributed by atoms with Crippen LogP contribution in [0.4, 0.5) is 5.69 Å². The third kappa shape index (κ3) is 6.68. The molecule has 3 rings (SSSR count). The molecule has 3 N–H and O–H groups in total. The third-order valence-corrected chi connectivity index (χ3v) is 5.55. The summed E-state index contributed by atoms with van der Waals surface area (Å²) in [6.07, 6.45) is 1.43. The van der Waals surface area contributed by atoms with Crippen molar-refractivity contribution < 1.29 is 22.7 Å². The molecule has 0 spiro atoms. The number of carbonyl (C=O) groups excluding carboxylic acids is 1. The quantitative estimate of drug-likeness (QED) is 0.355. The molecule has 3 aromatic carbocycles. The fourth-order valence-corrected chi connectivity index (χ4v) is 3.49. The molecular formula is C25H23N3O5S. The molecule has 0 saturated carbocycles. The van der Waals surface area contributed by atoms with Gasteiger partial charge in [-0.25, -0.2) is 13.6 Å². The highest BCUT2D eigenvalue weighted by molar-refractivity contribution is 7.89. The topological polar surface area (TPSA) is 132 Å². The van der Waals surface area contributed by atoms with Gasteiger partial charge in [0.05, 0.1) is 11.5 Å². The van der Waals surface area contributed by atoms with Crippen LogP contribution < -0.4 is 19.9 Å². The van der Waals surface area contributed by atoms with E-state index in [-0.39, 0.29) is 10.5 Å². The molecule has 0 fully saturated rings. The number of benzene rings is 3. The molecule has 0 aliphatic carbocycles. The van der Waals surface area contributed by atoms with E-state index in [0.717, 1.165) is 5.56 Å². The molecule has 3 aromatic rings. The van der Waals surface area contributed by atoms with Gasteiger partial charge in [-0.1, -0.05) is 36.4 Å². The molecule has 0 atom stereocenters. The summed E-state index contributed by atoms with van der Waals surface area (Å²) in [7, 11) is -3.84. The van der Waals surface area contributed by atoms with Crippen molar-refractivity contribution in [2.24, 2.45) is 5.14 Å². The van der Waals surface area contributed by atoms with Gasteiger partial charge < -0.3 is 14.8 Å². The Bertz CT molecular complexity index is 1330. The van der Waals surface area contributed by atoms with Crippen molar-refractivity contribution in [2.75, 3.05) is 11.9 Å². The number of nitriles is 1. The van der Waals surface area contributed by atoms with Gasteiger partial charge in [-0.3, -0.25) is 4.79 Å². The lowest BCUT2D eigenvalue weighted by Gasteiger charge is -2.13. The Morgan fingerprint density at radius 1 is 1.03 bits per heavy atom. The first kappa shape index (κ1) is 24.5. The van der Waals surface area contributed by atoms with Gasteiger partial charge in [-0.2, -0.15) is 5.26 Å². The average Bonchev–Trinajstić information content (AvgIpc) is 2.82. The molecule has 0 aromatic heterocycles. The van der Waals surface area contributed by atoms with Gasteiger partial charge in [0, 0.05) is 5.69 Å². The molecule has 0 radical (unpaired) electrons. The standard InChI is InChI=1S/C25H23N3O5S/c1-2-32-24-15-19(8-13-23(24)33-17-18-6-4-3-5-7-18)14-20(16-26)25(29)28-21-9-11-22(12-10-21)34(27,30)31/h3-15H,2,17H2,1H3,(H,28,29)(H2,27,30,31)/b20-14-. The maximum absolute atomic E-state index is 12.6. The maximum Gasteiger partial charge on any atom is 0.266 e. The summed E-state index contributed by atoms with van der Waals surface area (Å²) in [5.41, 5.74) is 1.76. The van der Waals surface area contributed by atoms with Gasteiger partial charge in [0.15, 0.2) is 11.5 Å². The first-order chi connectivity index (χ1) is 16.3. The summed E-state index contributed by atoms with van der Waals surface area (Å²) >= 11 is 0. The van der Waals surface area contributed by atoms with Crippen LogP contribution in [-0.4, -0.2) is 20.9 Å². The van der Waals surface area contributed by atoms with E-state index in [0.29, 0.717) is 36.0 Å². The van der Waals surface area contributed by atoms with Crippen molar-refractivity contribution in [3.63, 3.8) is 0 Å². The predicted octanol–water partition coefficient (Wildman–Crippen LogP) is 3.86. The SMILES string of the molecule is CCOc1cc(/C=C(/C#N)C(=O)Nc2ccc(S(N)(=O)=O)cc2)ccc1OCc1ccccc1. The first-order valence-electron chi connectivity index (χ1n) is 10.3. The van der Waals surface area contributed by atoms with E-state index in [4.69, 9.17) is 14.6 Å². The second-order valence-corrected chi connectivity index (χ2v) is 8.67. The van der Waals surface area contributed by atoms with Gasteiger partial charge in [0.2, 0.25) is 10.0 Å². The van der Waals surface area contributed by atoms with Crippen molar-refractivity contribution in [1.29, 1.82) is 5.26 Å². The Balaban J connectivity index is 1.76. The van der Waals surface area contributed by atoms with Crippen molar-refractivity contribution in [1.82, 2.24) is 0 Å². The van der Waals surface area contributed by atoms with E-state index in [1.807, 2.05) is 43.3 Å². The Hall–Kier alpha value is -4.13. The zero-order chi connectivity index (χ0) is 24.6. The number of nitrogens with one attached hydrogen (secondary N) is 1. The molecule has 0 aliphatic heterocycles. The van der Waals surface area contributed by atoms with E-state index >= 15 is 0 Å². The van der Waals surface area contributed by atoms with E-state index in [2.05, 4.69) is 5.32 Å². The lowest BCUT2D eigenvalue weighted by Crippen LogP contribution is -2.14. The molecule has 9 heteroatoms. The number of hydrogen-bond acceptors (Lipinski definition) is 6. The molecule has 0 aliphatic rings. The second kappa shape index (κ2) is 11.1. The van der Waals surface area contributed by atoms with Gasteiger partial charge in [-0.15, -0.1) is 0 Å². The Kier molecular flexibility index (Phi) is 8.03. The lowest BCUT2D eigenvalue weighted by atomic mass is 10.1. The summed E-state index contributed by atoms with van der Waals surface area (Å²) in [5.74, 6) is 0.387. The second-order valence-electron chi connectivity index (χ2n) is 7.11. The van der Waals surface area contributed by atoms with E-state index in [1.165, 1.54) is 30.3 Å². The predicted molar refractivity (Wildman–Crippen MR) is 128 cm³/mol. The van der Waals surface area contributed by atoms with Crippen LogP contribution in [0.2, 0.25) is 0 Å². The fraction of sp³-hybridized carbons (Fsp3) is 0.120. The van der Waals surface area contributed by atoms with Crippen LogP contribution >= 0.6 is 0 Å². The maximum atomic E-state index is 12.6. The molecular weight excluding hydrogens is 454 g/mol. The van der Waals surface area contributed by atoms with E-state index in [9.17, 15) is 18.5 Å². The van der Waals surface area contributed by atoms with Crippen LogP contribution in [0.15, 0.2) is 83.3 Å². The van der Waals surface area contributed by atoms with Crippen molar-refractivity contribution in [3.8, 4) is 17.6 Å². The highest BCUT2D eigenvalue weighted by Gasteiger charge is 2.13. The summed E-state index contributed by atoms with van der Waals surface area (Å²) in [4.78, 5) is 12.5. The largest absolute Gasteiger partial charge is 0.490 e. The van der Waals surface area contributed by atoms with Gasteiger partial charge in [0.25, 0.3) is 5.91 Å². The summed E-state index contributed by atoms with van der Waals surface area (Å²) in [6, 6.07) is 22.0. The average molecular weight is 478 g/mol. The number of carbonyl (C=O) groups is 1. The molecule has 174 valence electrons. The third-order valence-electron chi connectivity index (χ3n) is 4.62. The first-order valence-corrected chi connectivity index (χ1v) is 11.8. The highest BCUT2D eigenvalue weighted by Crippen LogP contribution is 2.30. The number of nitrogens with zero attached hydrogens (tertiary/aromatic N) is 1. The van der Waals surface area contributed by atoms with Gasteiger partial charge >= 0.3 is 0 Å². The number of nitrogens with two attached hydrogens (primary N) is 1. The molecule has 0 saturated heterocycles. The van der Waals surface area contributed by atoms with E-state index < -0.39 is 15.9 Å². The Labute approximate surface area is 198 Å². The van der Waals surface area contributed by atoms with Crippen LogP contribution in [0.1, 0.15) is 18.1 Å². The van der Waals surface area contributed by atoms with Crippen LogP contribution in [0.3, 0.4) is 0 Å². The number of sulfonamides is 1. The van der Waals surface area contributed by atoms with Crippen LogP contribution in [-0.2, 0) is 21.4 Å². The molecule has 34 heavy (non-hydrogen) atoms. The van der Waals surface area contributed by atoms with Crippen LogP contribution in [0.25, 0.3) is 6.08 Å². The lowest BCUT2D eigenvalue weighted by molar-refractivity contribution is -0.112. The monoisotopic (exact) mass is 477 g/mol. The minimum atomic E-state index is -3.84. The Morgan fingerprint density at radius 2 is 1.74 bits per heavy atom. The number of amides is 1. The van der Waals surface area contributed by atoms with Gasteiger partial charge in [0.1, 0.15) is 18.2 Å². The number of primary sulfonamides is 1. The number of rotatable bonds is 9. The highest BCUT2D eigenvalue weighted by atomic mass is 32.2. The fourth-order valence-electron chi connectivity index (χ4n) is 2.98. The summed E-state index contributed by atoms with van der Waals surface area (Å²) in [5, 5.41) is 17.1. The summed E-state index contributed by atoms with van der Waals surface area (Å²) in [6.45, 7) is 2.62. The molecule has 0 heterocycles. The number of ether oxygens (including phenoxy) is 2. The molecule has 0 bridgehead atoms. The minimum Gasteiger partial charge on any atom is -0.490 e. The molecule has 1 amide bonds. The zero-order valence-electron chi connectivity index (χ0n) is 18.4. The normalized spacial score (nSPS) is 11.4. The van der Waals surface area contributed by atoms with Gasteiger partial charge in [-0.05, 0) is 60.5 Å². The van der Waals surface area contributed by atoms with Crippen molar-refractivity contribution in [2.45, 2.75) is 18.4 Å². The van der Waals surface area contributed by atoms with Crippen LogP contribution in [0.5, 0.6) is 11.5 Å². The van der Waals surface area contributed by atoms with Crippen molar-refractivity contribution in [3.05, 3.63) is 89.5 Å². The number of anilines is 1. The molecule has 8 nitrogen and oxygen atoms in total. The Morgan fingerprint density at radius 3 is 2.35 bits per heavy atom. The number of hydrogen-bond donors (Lipinski definition) is 2. The smallest absolute Gasteiger partial charge is 0.266 e. The summed E-state index contributed by atoms with van der Waals surface area (Å²) < 4.78 is 34.3. The minimum absolute atomic E-state index is 0.0837. The van der Waals surface area contributed by atoms with Crippen LogP contribution in [0, 0.1) is 11.3 Å².